The van der Waals surface area contributed by atoms with E-state index in [1.165, 1.54) is 12.3 Å². The highest BCUT2D eigenvalue weighted by molar-refractivity contribution is 5.85. The Morgan fingerprint density at radius 2 is 2.10 bits per heavy atom. The molecule has 0 spiro atoms. The number of halogens is 3. The van der Waals surface area contributed by atoms with Crippen molar-refractivity contribution in [3.05, 3.63) is 59.5 Å². The van der Waals surface area contributed by atoms with Crippen molar-refractivity contribution in [1.82, 2.24) is 15.5 Å². The van der Waals surface area contributed by atoms with Crippen molar-refractivity contribution in [2.75, 3.05) is 32.8 Å². The summed E-state index contributed by atoms with van der Waals surface area (Å²) >= 11 is 0. The van der Waals surface area contributed by atoms with Crippen molar-refractivity contribution in [3.8, 4) is 0 Å². The molecule has 1 aromatic heterocycles. The highest BCUT2D eigenvalue weighted by Crippen LogP contribution is 2.32. The van der Waals surface area contributed by atoms with Crippen LogP contribution in [0.4, 0.5) is 13.2 Å². The predicted molar refractivity (Wildman–Crippen MR) is 108 cm³/mol. The molecule has 1 fully saturated rings. The predicted octanol–water partition coefficient (Wildman–Crippen LogP) is 2.95. The number of morpholine rings is 1. The lowest BCUT2D eigenvalue weighted by molar-refractivity contribution is -0.137. The summed E-state index contributed by atoms with van der Waals surface area (Å²) in [5, 5.41) is 5.85. The number of nitrogens with zero attached hydrogens (tertiary/aromatic N) is 2. The molecule has 168 valence electrons. The van der Waals surface area contributed by atoms with E-state index in [4.69, 9.17) is 9.15 Å². The van der Waals surface area contributed by atoms with Crippen LogP contribution in [0.2, 0.25) is 0 Å². The minimum atomic E-state index is -4.41. The standard InChI is InChI=1S/C21H25F3N4O3/c1-2-25-20(27-13-19(29)26-12-17-7-4-9-30-17)28-8-10-31-18(14-28)15-5-3-6-16(11-15)21(22,23)24/h3-7,9,11,18H,2,8,10,12-14H2,1H3,(H,25,27)(H,26,29). The molecule has 3 rings (SSSR count). The molecule has 1 aliphatic rings. The number of amides is 1. The van der Waals surface area contributed by atoms with Crippen molar-refractivity contribution in [2.45, 2.75) is 25.7 Å². The van der Waals surface area contributed by atoms with Crippen LogP contribution in [0.3, 0.4) is 0 Å². The van der Waals surface area contributed by atoms with Crippen molar-refractivity contribution in [1.29, 1.82) is 0 Å². The molecule has 0 radical (unpaired) electrons. The normalized spacial score (nSPS) is 17.5. The van der Waals surface area contributed by atoms with Crippen LogP contribution in [0.15, 0.2) is 52.1 Å². The highest BCUT2D eigenvalue weighted by Gasteiger charge is 2.32. The number of furan rings is 1. The third-order valence-corrected chi connectivity index (χ3v) is 4.70. The second kappa shape index (κ2) is 10.3. The number of nitrogens with one attached hydrogen (secondary N) is 2. The third-order valence-electron chi connectivity index (χ3n) is 4.70. The molecule has 0 aliphatic carbocycles. The SMILES string of the molecule is CCNC(=NCC(=O)NCc1ccco1)N1CCOC(c2cccc(C(F)(F)F)c2)C1. The summed E-state index contributed by atoms with van der Waals surface area (Å²) in [6.07, 6.45) is -3.42. The fraction of sp³-hybridized carbons (Fsp3) is 0.429. The maximum Gasteiger partial charge on any atom is 0.416 e. The van der Waals surface area contributed by atoms with Gasteiger partial charge in [-0.15, -0.1) is 0 Å². The first-order valence-electron chi connectivity index (χ1n) is 9.98. The van der Waals surface area contributed by atoms with Gasteiger partial charge in [-0.1, -0.05) is 12.1 Å². The molecular weight excluding hydrogens is 413 g/mol. The Balaban J connectivity index is 1.64. The number of carbonyl (C=O) groups excluding carboxylic acids is 1. The van der Waals surface area contributed by atoms with Crippen LogP contribution in [0.1, 0.15) is 29.9 Å². The average Bonchev–Trinajstić information content (AvgIpc) is 3.28. The topological polar surface area (TPSA) is 79.1 Å². The zero-order valence-corrected chi connectivity index (χ0v) is 17.1. The van der Waals surface area contributed by atoms with Crippen molar-refractivity contribution >= 4 is 11.9 Å². The number of guanidine groups is 1. The van der Waals surface area contributed by atoms with Crippen LogP contribution in [0.5, 0.6) is 0 Å². The van der Waals surface area contributed by atoms with E-state index in [0.717, 1.165) is 12.1 Å². The van der Waals surface area contributed by atoms with Crippen LogP contribution in [-0.2, 0) is 22.3 Å². The lowest BCUT2D eigenvalue weighted by atomic mass is 10.0. The number of aliphatic imine (C=N–C) groups is 1. The Bertz CT molecular complexity index is 884. The van der Waals surface area contributed by atoms with Gasteiger partial charge < -0.3 is 24.7 Å². The summed E-state index contributed by atoms with van der Waals surface area (Å²) in [4.78, 5) is 18.4. The summed E-state index contributed by atoms with van der Waals surface area (Å²) in [6.45, 7) is 3.82. The van der Waals surface area contributed by atoms with Gasteiger partial charge in [-0.05, 0) is 36.8 Å². The number of carbonyl (C=O) groups is 1. The molecule has 2 heterocycles. The fourth-order valence-electron chi connectivity index (χ4n) is 3.19. The molecule has 2 aromatic rings. The first kappa shape index (κ1) is 22.7. The zero-order chi connectivity index (χ0) is 22.3. The molecule has 1 unspecified atom stereocenters. The number of hydrogen-bond acceptors (Lipinski definition) is 4. The van der Waals surface area contributed by atoms with Crippen LogP contribution < -0.4 is 10.6 Å². The number of benzene rings is 1. The molecule has 31 heavy (non-hydrogen) atoms. The molecule has 1 amide bonds. The Morgan fingerprint density at radius 3 is 2.81 bits per heavy atom. The van der Waals surface area contributed by atoms with Gasteiger partial charge in [-0.25, -0.2) is 4.99 Å². The third kappa shape index (κ3) is 6.48. The smallest absolute Gasteiger partial charge is 0.416 e. The van der Waals surface area contributed by atoms with Gasteiger partial charge in [0.05, 0.1) is 31.5 Å². The molecular formula is C21H25F3N4O3. The molecule has 1 aromatic carbocycles. The van der Waals surface area contributed by atoms with Gasteiger partial charge >= 0.3 is 6.18 Å². The first-order valence-corrected chi connectivity index (χ1v) is 9.98. The first-order chi connectivity index (χ1) is 14.9. The second-order valence-corrected chi connectivity index (χ2v) is 6.95. The number of ether oxygens (including phenoxy) is 1. The van der Waals surface area contributed by atoms with E-state index in [9.17, 15) is 18.0 Å². The van der Waals surface area contributed by atoms with E-state index in [1.807, 2.05) is 11.8 Å². The van der Waals surface area contributed by atoms with Gasteiger partial charge in [0.2, 0.25) is 5.91 Å². The lowest BCUT2D eigenvalue weighted by Gasteiger charge is -2.35. The van der Waals surface area contributed by atoms with E-state index in [0.29, 0.717) is 43.5 Å². The fourth-order valence-corrected chi connectivity index (χ4v) is 3.19. The lowest BCUT2D eigenvalue weighted by Crippen LogP contribution is -2.48. The molecule has 0 saturated carbocycles. The minimum absolute atomic E-state index is 0.0887. The minimum Gasteiger partial charge on any atom is -0.467 e. The van der Waals surface area contributed by atoms with Gasteiger partial charge in [0.1, 0.15) is 18.4 Å². The Hall–Kier alpha value is -3.01. The van der Waals surface area contributed by atoms with Crippen molar-refractivity contribution < 1.29 is 27.1 Å². The van der Waals surface area contributed by atoms with E-state index >= 15 is 0 Å². The molecule has 0 bridgehead atoms. The highest BCUT2D eigenvalue weighted by atomic mass is 19.4. The van der Waals surface area contributed by atoms with E-state index in [1.54, 1.807) is 18.2 Å². The number of rotatable bonds is 6. The molecule has 10 heteroatoms. The number of hydrogen-bond donors (Lipinski definition) is 2. The van der Waals surface area contributed by atoms with E-state index in [-0.39, 0.29) is 19.0 Å². The van der Waals surface area contributed by atoms with Crippen LogP contribution in [0, 0.1) is 0 Å². The molecule has 1 saturated heterocycles. The largest absolute Gasteiger partial charge is 0.467 e. The van der Waals surface area contributed by atoms with E-state index < -0.39 is 17.8 Å². The average molecular weight is 438 g/mol. The summed E-state index contributed by atoms with van der Waals surface area (Å²) in [5.41, 5.74) is -0.258. The van der Waals surface area contributed by atoms with E-state index in [2.05, 4.69) is 15.6 Å². The monoisotopic (exact) mass is 438 g/mol. The quantitative estimate of drug-likeness (QED) is 0.536. The van der Waals surface area contributed by atoms with Gasteiger partial charge in [0.15, 0.2) is 5.96 Å². The van der Waals surface area contributed by atoms with Gasteiger partial charge in [0.25, 0.3) is 0 Å². The van der Waals surface area contributed by atoms with Crippen molar-refractivity contribution in [2.24, 2.45) is 4.99 Å². The Labute approximate surface area is 178 Å². The maximum atomic E-state index is 13.0. The van der Waals surface area contributed by atoms with Gasteiger partial charge in [-0.2, -0.15) is 13.2 Å². The van der Waals surface area contributed by atoms with Crippen molar-refractivity contribution in [3.63, 3.8) is 0 Å². The molecule has 7 nitrogen and oxygen atoms in total. The van der Waals surface area contributed by atoms with Crippen LogP contribution >= 0.6 is 0 Å². The second-order valence-electron chi connectivity index (χ2n) is 6.95. The molecule has 1 atom stereocenters. The summed E-state index contributed by atoms with van der Waals surface area (Å²) in [6, 6.07) is 8.65. The zero-order valence-electron chi connectivity index (χ0n) is 17.1. The molecule has 2 N–H and O–H groups in total. The van der Waals surface area contributed by atoms with Gasteiger partial charge in [0, 0.05) is 13.1 Å². The summed E-state index contributed by atoms with van der Waals surface area (Å²) in [5.74, 6) is 0.881. The van der Waals surface area contributed by atoms with Crippen LogP contribution in [0.25, 0.3) is 0 Å². The summed E-state index contributed by atoms with van der Waals surface area (Å²) in [7, 11) is 0. The Kier molecular flexibility index (Phi) is 7.56. The Morgan fingerprint density at radius 1 is 1.26 bits per heavy atom. The maximum absolute atomic E-state index is 13.0. The summed E-state index contributed by atoms with van der Waals surface area (Å²) < 4.78 is 50.0. The van der Waals surface area contributed by atoms with Gasteiger partial charge in [-0.3, -0.25) is 4.79 Å². The number of alkyl halides is 3. The van der Waals surface area contributed by atoms with Crippen LogP contribution in [-0.4, -0.2) is 49.6 Å². The molecule has 1 aliphatic heterocycles.